The summed E-state index contributed by atoms with van der Waals surface area (Å²) in [4.78, 5) is 28.5. The second-order valence-electron chi connectivity index (χ2n) is 9.69. The Morgan fingerprint density at radius 2 is 1.65 bits per heavy atom. The number of carbonyl (C=O) groups is 2. The van der Waals surface area contributed by atoms with E-state index in [1.807, 2.05) is 13.8 Å². The summed E-state index contributed by atoms with van der Waals surface area (Å²) in [5.41, 5.74) is 2.55. The Morgan fingerprint density at radius 3 is 2.27 bits per heavy atom. The molecule has 0 radical (unpaired) electrons. The molecule has 0 aliphatic carbocycles. The van der Waals surface area contributed by atoms with Crippen molar-refractivity contribution >= 4 is 50.7 Å². The molecule has 1 N–H and O–H groups in total. The van der Waals surface area contributed by atoms with Crippen LogP contribution in [0.4, 0.5) is 5.69 Å². The molecule has 0 aliphatic rings. The first-order chi connectivity index (χ1) is 18.9. The average molecular weight is 605 g/mol. The number of aryl methyl sites for hydroxylation is 2. The maximum Gasteiger partial charge on any atom is 0.264 e. The summed E-state index contributed by atoms with van der Waals surface area (Å²) < 4.78 is 28.9. The molecule has 0 saturated carbocycles. The fourth-order valence-electron chi connectivity index (χ4n) is 4.15. The van der Waals surface area contributed by atoms with Crippen molar-refractivity contribution in [2.45, 2.75) is 58.0 Å². The van der Waals surface area contributed by atoms with E-state index < -0.39 is 28.5 Å². The summed E-state index contributed by atoms with van der Waals surface area (Å²) in [6.07, 6.45) is 1.70. The van der Waals surface area contributed by atoms with Crippen LogP contribution in [0.5, 0.6) is 0 Å². The van der Waals surface area contributed by atoms with Crippen LogP contribution in [0.25, 0.3) is 0 Å². The highest BCUT2D eigenvalue weighted by Gasteiger charge is 2.33. The van der Waals surface area contributed by atoms with E-state index in [2.05, 4.69) is 5.32 Å². The van der Waals surface area contributed by atoms with Gasteiger partial charge in [-0.1, -0.05) is 78.5 Å². The molecule has 40 heavy (non-hydrogen) atoms. The molecule has 10 heteroatoms. The Bertz CT molecular complexity index is 1450. The maximum absolute atomic E-state index is 14.0. The van der Waals surface area contributed by atoms with Gasteiger partial charge in [0.05, 0.1) is 10.6 Å². The lowest BCUT2D eigenvalue weighted by molar-refractivity contribution is -0.139. The van der Waals surface area contributed by atoms with E-state index in [1.54, 1.807) is 68.4 Å². The molecule has 1 atom stereocenters. The molecule has 0 aromatic heterocycles. The lowest BCUT2D eigenvalue weighted by atomic mass is 10.1. The highest BCUT2D eigenvalue weighted by Crippen LogP contribution is 2.28. The van der Waals surface area contributed by atoms with E-state index in [4.69, 9.17) is 23.2 Å². The molecule has 3 aromatic rings. The van der Waals surface area contributed by atoms with E-state index in [9.17, 15) is 18.0 Å². The third kappa shape index (κ3) is 7.77. The van der Waals surface area contributed by atoms with E-state index in [0.717, 1.165) is 22.7 Å². The first-order valence-electron chi connectivity index (χ1n) is 13.1. The molecule has 0 saturated heterocycles. The number of nitrogens with one attached hydrogen (secondary N) is 1. The highest BCUT2D eigenvalue weighted by molar-refractivity contribution is 7.92. The van der Waals surface area contributed by atoms with Gasteiger partial charge in [-0.05, 0) is 68.7 Å². The van der Waals surface area contributed by atoms with Gasteiger partial charge in [0.1, 0.15) is 12.6 Å². The molecule has 2 amide bonds. The van der Waals surface area contributed by atoms with Gasteiger partial charge in [0.15, 0.2) is 0 Å². The second kappa shape index (κ2) is 14.0. The van der Waals surface area contributed by atoms with Crippen molar-refractivity contribution < 1.29 is 18.0 Å². The fourth-order valence-corrected chi connectivity index (χ4v) is 6.09. The number of hydrogen-bond donors (Lipinski definition) is 1. The molecular formula is C30H35Cl2N3O4S. The van der Waals surface area contributed by atoms with E-state index >= 15 is 0 Å². The number of carbonyl (C=O) groups excluding carboxylic acids is 2. The molecule has 0 spiro atoms. The normalized spacial score (nSPS) is 12.1. The van der Waals surface area contributed by atoms with Gasteiger partial charge in [-0.2, -0.15) is 0 Å². The summed E-state index contributed by atoms with van der Waals surface area (Å²) >= 11 is 12.5. The summed E-state index contributed by atoms with van der Waals surface area (Å²) in [6.45, 7) is 7.24. The van der Waals surface area contributed by atoms with Gasteiger partial charge in [-0.25, -0.2) is 8.42 Å². The van der Waals surface area contributed by atoms with Gasteiger partial charge in [-0.15, -0.1) is 0 Å². The first kappa shape index (κ1) is 31.5. The Hall–Kier alpha value is -3.07. The summed E-state index contributed by atoms with van der Waals surface area (Å²) in [5, 5.41) is 3.64. The van der Waals surface area contributed by atoms with Crippen molar-refractivity contribution in [1.29, 1.82) is 0 Å². The average Bonchev–Trinajstić information content (AvgIpc) is 2.91. The van der Waals surface area contributed by atoms with Crippen LogP contribution >= 0.6 is 23.2 Å². The topological polar surface area (TPSA) is 86.8 Å². The Balaban J connectivity index is 2.03. The quantitative estimate of drug-likeness (QED) is 0.252. The smallest absolute Gasteiger partial charge is 0.264 e. The molecule has 0 heterocycles. The number of benzene rings is 3. The van der Waals surface area contributed by atoms with Crippen LogP contribution < -0.4 is 9.62 Å². The number of halogens is 2. The van der Waals surface area contributed by atoms with Crippen LogP contribution in [-0.2, 0) is 26.2 Å². The SMILES string of the molecule is CCCCNC(=O)C(C)N(Cc1ccc(Cl)cc1Cl)C(=O)CN(c1ccccc1C)S(=O)(=O)c1ccc(C)cc1. The fraction of sp³-hybridized carbons (Fsp3) is 0.333. The van der Waals surface area contributed by atoms with E-state index in [1.165, 1.54) is 17.0 Å². The molecule has 0 fully saturated rings. The third-order valence-corrected chi connectivity index (χ3v) is 8.99. The van der Waals surface area contributed by atoms with Gasteiger partial charge in [0.25, 0.3) is 10.0 Å². The predicted octanol–water partition coefficient (Wildman–Crippen LogP) is 6.14. The molecule has 3 aromatic carbocycles. The third-order valence-electron chi connectivity index (χ3n) is 6.62. The van der Waals surface area contributed by atoms with Crippen LogP contribution in [-0.4, -0.2) is 44.3 Å². The van der Waals surface area contributed by atoms with E-state index in [0.29, 0.717) is 33.4 Å². The van der Waals surface area contributed by atoms with Crippen LogP contribution in [0.1, 0.15) is 43.4 Å². The van der Waals surface area contributed by atoms with Crippen molar-refractivity contribution in [3.05, 3.63) is 93.5 Å². The number of nitrogens with zero attached hydrogens (tertiary/aromatic N) is 2. The largest absolute Gasteiger partial charge is 0.354 e. The number of sulfonamides is 1. The molecular weight excluding hydrogens is 569 g/mol. The molecule has 0 bridgehead atoms. The zero-order valence-electron chi connectivity index (χ0n) is 23.2. The van der Waals surface area contributed by atoms with Gasteiger partial charge < -0.3 is 10.2 Å². The monoisotopic (exact) mass is 603 g/mol. The van der Waals surface area contributed by atoms with Gasteiger partial charge in [-0.3, -0.25) is 13.9 Å². The molecule has 7 nitrogen and oxygen atoms in total. The van der Waals surface area contributed by atoms with Crippen LogP contribution in [0.15, 0.2) is 71.6 Å². The van der Waals surface area contributed by atoms with Crippen molar-refractivity contribution in [2.24, 2.45) is 0 Å². The van der Waals surface area contributed by atoms with Crippen LogP contribution in [0.2, 0.25) is 10.0 Å². The number of amides is 2. The van der Waals surface area contributed by atoms with E-state index in [-0.39, 0.29) is 17.3 Å². The van der Waals surface area contributed by atoms with Crippen LogP contribution in [0.3, 0.4) is 0 Å². The molecule has 214 valence electrons. The number of anilines is 1. The van der Waals surface area contributed by atoms with Gasteiger partial charge >= 0.3 is 0 Å². The Morgan fingerprint density at radius 1 is 0.975 bits per heavy atom. The predicted molar refractivity (Wildman–Crippen MR) is 161 cm³/mol. The van der Waals surface area contributed by atoms with Gasteiger partial charge in [0.2, 0.25) is 11.8 Å². The lowest BCUT2D eigenvalue weighted by Crippen LogP contribution is -2.51. The number of hydrogen-bond acceptors (Lipinski definition) is 4. The highest BCUT2D eigenvalue weighted by atomic mass is 35.5. The number of unbranched alkanes of at least 4 members (excludes halogenated alkanes) is 1. The van der Waals surface area contributed by atoms with Crippen LogP contribution in [0, 0.1) is 13.8 Å². The molecule has 1 unspecified atom stereocenters. The molecule has 0 aliphatic heterocycles. The minimum Gasteiger partial charge on any atom is -0.354 e. The van der Waals surface area contributed by atoms with Crippen molar-refractivity contribution in [3.63, 3.8) is 0 Å². The second-order valence-corrected chi connectivity index (χ2v) is 12.4. The lowest BCUT2D eigenvalue weighted by Gasteiger charge is -2.32. The summed E-state index contributed by atoms with van der Waals surface area (Å²) in [6, 6.07) is 17.4. The Labute approximate surface area is 247 Å². The van der Waals surface area contributed by atoms with Gasteiger partial charge in [0, 0.05) is 23.1 Å². The first-order valence-corrected chi connectivity index (χ1v) is 15.3. The summed E-state index contributed by atoms with van der Waals surface area (Å²) in [7, 11) is -4.13. The standard InChI is InChI=1S/C30H35Cl2N3O4S/c1-5-6-17-33-30(37)23(4)34(19-24-13-14-25(31)18-27(24)32)29(36)20-35(28-10-8-7-9-22(28)3)40(38,39)26-15-11-21(2)12-16-26/h7-16,18,23H,5-6,17,19-20H2,1-4H3,(H,33,37). The van der Waals surface area contributed by atoms with Crippen molar-refractivity contribution in [1.82, 2.24) is 10.2 Å². The summed E-state index contributed by atoms with van der Waals surface area (Å²) in [5.74, 6) is -0.890. The Kier molecular flexibility index (Phi) is 11.0. The molecule has 3 rings (SSSR count). The maximum atomic E-state index is 14.0. The number of para-hydroxylation sites is 1. The minimum absolute atomic E-state index is 0.0105. The minimum atomic E-state index is -4.13. The van der Waals surface area contributed by atoms with Crippen molar-refractivity contribution in [3.8, 4) is 0 Å². The zero-order valence-corrected chi connectivity index (χ0v) is 25.5. The zero-order chi connectivity index (χ0) is 29.4. The number of rotatable bonds is 12. The van der Waals surface area contributed by atoms with Crippen molar-refractivity contribution in [2.75, 3.05) is 17.4 Å².